The van der Waals surface area contributed by atoms with Gasteiger partial charge in [-0.15, -0.1) is 0 Å². The van der Waals surface area contributed by atoms with E-state index in [2.05, 4.69) is 20.8 Å². The summed E-state index contributed by atoms with van der Waals surface area (Å²) in [5.74, 6) is 2.62. The number of rotatable bonds is 6. The molecule has 2 N–H and O–H groups in total. The van der Waals surface area contributed by atoms with Crippen LogP contribution in [0.4, 0.5) is 17.3 Å². The summed E-state index contributed by atoms with van der Waals surface area (Å²) in [6.45, 7) is 1.80. The van der Waals surface area contributed by atoms with Gasteiger partial charge in [-0.25, -0.2) is 4.98 Å². The molecule has 0 saturated carbocycles. The Morgan fingerprint density at radius 1 is 1.08 bits per heavy atom. The van der Waals surface area contributed by atoms with Crippen molar-refractivity contribution in [3.63, 3.8) is 0 Å². The fourth-order valence-electron chi connectivity index (χ4n) is 2.26. The van der Waals surface area contributed by atoms with Gasteiger partial charge in [0.1, 0.15) is 23.1 Å². The summed E-state index contributed by atoms with van der Waals surface area (Å²) in [5.41, 5.74) is 0.911. The number of nitrogens with zero attached hydrogens (tertiary/aromatic N) is 2. The molecule has 0 spiro atoms. The minimum atomic E-state index is -0.312. The van der Waals surface area contributed by atoms with E-state index in [4.69, 9.17) is 14.0 Å². The maximum Gasteiger partial charge on any atom is 0.257 e. The zero-order valence-corrected chi connectivity index (χ0v) is 14.6. The molecule has 3 aromatic rings. The maximum atomic E-state index is 12.5. The van der Waals surface area contributed by atoms with Crippen LogP contribution in [-0.4, -0.2) is 30.3 Å². The second kappa shape index (κ2) is 7.56. The van der Waals surface area contributed by atoms with Crippen molar-refractivity contribution in [1.29, 1.82) is 0 Å². The molecule has 26 heavy (non-hydrogen) atoms. The zero-order chi connectivity index (χ0) is 18.5. The Bertz CT molecular complexity index is 906. The summed E-state index contributed by atoms with van der Waals surface area (Å²) < 4.78 is 15.4. The molecule has 0 aliphatic carbocycles. The van der Waals surface area contributed by atoms with Crippen molar-refractivity contribution in [2.75, 3.05) is 24.9 Å². The number of nitrogens with one attached hydrogen (secondary N) is 2. The average Bonchev–Trinajstić information content (AvgIpc) is 3.07. The number of ether oxygens (including phenoxy) is 2. The molecular formula is C18H18N4O4. The SMILES string of the molecule is COc1ccc(OC)c(NC(=O)c2ccc(Nc3cc(C)on3)nc2)c1. The fourth-order valence-corrected chi connectivity index (χ4v) is 2.26. The molecule has 3 rings (SSSR count). The number of pyridine rings is 1. The first kappa shape index (κ1) is 17.3. The Morgan fingerprint density at radius 2 is 1.92 bits per heavy atom. The summed E-state index contributed by atoms with van der Waals surface area (Å²) >= 11 is 0. The lowest BCUT2D eigenvalue weighted by atomic mass is 10.2. The van der Waals surface area contributed by atoms with Crippen molar-refractivity contribution in [1.82, 2.24) is 10.1 Å². The van der Waals surface area contributed by atoms with Crippen molar-refractivity contribution in [2.24, 2.45) is 0 Å². The van der Waals surface area contributed by atoms with Gasteiger partial charge in [0.05, 0.1) is 25.5 Å². The van der Waals surface area contributed by atoms with Gasteiger partial charge in [0.25, 0.3) is 5.91 Å². The molecule has 0 bridgehead atoms. The average molecular weight is 354 g/mol. The number of aryl methyl sites for hydroxylation is 1. The number of hydrogen-bond donors (Lipinski definition) is 2. The van der Waals surface area contributed by atoms with Gasteiger partial charge in [0, 0.05) is 18.3 Å². The van der Waals surface area contributed by atoms with E-state index in [1.165, 1.54) is 13.3 Å². The Hall–Kier alpha value is -3.55. The molecule has 1 aromatic carbocycles. The molecule has 0 aliphatic heterocycles. The predicted molar refractivity (Wildman–Crippen MR) is 96.3 cm³/mol. The standard InChI is InChI=1S/C18H18N4O4/c1-11-8-17(22-26-11)21-16-7-4-12(10-19-16)18(23)20-14-9-13(24-2)5-6-15(14)25-3/h4-10H,1-3H3,(H,20,23)(H,19,21,22). The number of hydrogen-bond acceptors (Lipinski definition) is 7. The fraction of sp³-hybridized carbons (Fsp3) is 0.167. The molecule has 2 aromatic heterocycles. The van der Waals surface area contributed by atoms with Gasteiger partial charge in [0.2, 0.25) is 0 Å². The van der Waals surface area contributed by atoms with Crippen LogP contribution in [-0.2, 0) is 0 Å². The minimum Gasteiger partial charge on any atom is -0.497 e. The van der Waals surface area contributed by atoms with E-state index in [-0.39, 0.29) is 5.91 Å². The van der Waals surface area contributed by atoms with Gasteiger partial charge in [0.15, 0.2) is 5.82 Å². The minimum absolute atomic E-state index is 0.312. The first-order valence-corrected chi connectivity index (χ1v) is 7.79. The first-order chi connectivity index (χ1) is 12.6. The molecule has 0 atom stereocenters. The molecule has 0 radical (unpaired) electrons. The highest BCUT2D eigenvalue weighted by atomic mass is 16.5. The monoisotopic (exact) mass is 354 g/mol. The van der Waals surface area contributed by atoms with Crippen LogP contribution in [0, 0.1) is 6.92 Å². The first-order valence-electron chi connectivity index (χ1n) is 7.79. The van der Waals surface area contributed by atoms with E-state index in [1.54, 1.807) is 50.4 Å². The number of carbonyl (C=O) groups is 1. The van der Waals surface area contributed by atoms with E-state index >= 15 is 0 Å². The number of methoxy groups -OCH3 is 2. The van der Waals surface area contributed by atoms with Crippen LogP contribution in [0.15, 0.2) is 47.1 Å². The molecule has 2 heterocycles. The number of benzene rings is 1. The molecule has 8 nitrogen and oxygen atoms in total. The summed E-state index contributed by atoms with van der Waals surface area (Å²) in [7, 11) is 3.09. The molecule has 1 amide bonds. The highest BCUT2D eigenvalue weighted by molar-refractivity contribution is 6.05. The van der Waals surface area contributed by atoms with Crippen LogP contribution in [0.1, 0.15) is 16.1 Å². The molecule has 0 saturated heterocycles. The summed E-state index contributed by atoms with van der Waals surface area (Å²) in [5, 5.41) is 9.61. The van der Waals surface area contributed by atoms with Gasteiger partial charge >= 0.3 is 0 Å². The van der Waals surface area contributed by atoms with Gasteiger partial charge in [-0.2, -0.15) is 0 Å². The van der Waals surface area contributed by atoms with Gasteiger partial charge in [-0.3, -0.25) is 4.79 Å². The largest absolute Gasteiger partial charge is 0.497 e. The molecular weight excluding hydrogens is 336 g/mol. The Labute approximate surface area is 150 Å². The number of anilines is 3. The number of amides is 1. The molecule has 134 valence electrons. The molecule has 8 heteroatoms. The lowest BCUT2D eigenvalue weighted by Crippen LogP contribution is -2.13. The van der Waals surface area contributed by atoms with Crippen LogP contribution in [0.3, 0.4) is 0 Å². The second-order valence-electron chi connectivity index (χ2n) is 5.40. The lowest BCUT2D eigenvalue weighted by molar-refractivity contribution is 0.102. The Balaban J connectivity index is 1.72. The van der Waals surface area contributed by atoms with Crippen molar-refractivity contribution in [3.8, 4) is 11.5 Å². The van der Waals surface area contributed by atoms with Crippen LogP contribution in [0.5, 0.6) is 11.5 Å². The van der Waals surface area contributed by atoms with E-state index in [0.717, 1.165) is 0 Å². The van der Waals surface area contributed by atoms with Crippen LogP contribution >= 0.6 is 0 Å². The zero-order valence-electron chi connectivity index (χ0n) is 14.6. The quantitative estimate of drug-likeness (QED) is 0.700. The topological polar surface area (TPSA) is 98.5 Å². The van der Waals surface area contributed by atoms with Crippen molar-refractivity contribution in [3.05, 3.63) is 53.9 Å². The predicted octanol–water partition coefficient (Wildman–Crippen LogP) is 3.39. The normalized spacial score (nSPS) is 10.3. The summed E-state index contributed by atoms with van der Waals surface area (Å²) in [6, 6.07) is 10.2. The van der Waals surface area contributed by atoms with Crippen LogP contribution < -0.4 is 20.1 Å². The number of carbonyl (C=O) groups excluding carboxylic acids is 1. The Morgan fingerprint density at radius 3 is 2.54 bits per heavy atom. The van der Waals surface area contributed by atoms with Gasteiger partial charge in [-0.05, 0) is 31.2 Å². The van der Waals surface area contributed by atoms with Crippen molar-refractivity contribution in [2.45, 2.75) is 6.92 Å². The van der Waals surface area contributed by atoms with Crippen molar-refractivity contribution >= 4 is 23.2 Å². The Kier molecular flexibility index (Phi) is 5.02. The van der Waals surface area contributed by atoms with E-state index in [1.807, 2.05) is 0 Å². The summed E-state index contributed by atoms with van der Waals surface area (Å²) in [4.78, 5) is 16.7. The third-order valence-electron chi connectivity index (χ3n) is 3.56. The van der Waals surface area contributed by atoms with E-state index in [0.29, 0.717) is 40.1 Å². The highest BCUT2D eigenvalue weighted by Crippen LogP contribution is 2.29. The van der Waals surface area contributed by atoms with Gasteiger partial charge in [-0.1, -0.05) is 5.16 Å². The van der Waals surface area contributed by atoms with Crippen LogP contribution in [0.2, 0.25) is 0 Å². The smallest absolute Gasteiger partial charge is 0.257 e. The summed E-state index contributed by atoms with van der Waals surface area (Å²) in [6.07, 6.45) is 1.47. The van der Waals surface area contributed by atoms with E-state index < -0.39 is 0 Å². The van der Waals surface area contributed by atoms with Crippen LogP contribution in [0.25, 0.3) is 0 Å². The highest BCUT2D eigenvalue weighted by Gasteiger charge is 2.12. The second-order valence-corrected chi connectivity index (χ2v) is 5.40. The third-order valence-corrected chi connectivity index (χ3v) is 3.56. The molecule has 0 aliphatic rings. The molecule has 0 fully saturated rings. The molecule has 0 unspecified atom stereocenters. The van der Waals surface area contributed by atoms with Gasteiger partial charge < -0.3 is 24.6 Å². The third kappa shape index (κ3) is 3.92. The van der Waals surface area contributed by atoms with E-state index in [9.17, 15) is 4.79 Å². The maximum absolute atomic E-state index is 12.5. The lowest BCUT2D eigenvalue weighted by Gasteiger charge is -2.12. The number of aromatic nitrogens is 2. The van der Waals surface area contributed by atoms with Crippen molar-refractivity contribution < 1.29 is 18.8 Å².